The second-order valence-corrected chi connectivity index (χ2v) is 8.26. The number of anilines is 1. The zero-order chi connectivity index (χ0) is 21.3. The molecule has 0 bridgehead atoms. The average molecular weight is 428 g/mol. The summed E-state index contributed by atoms with van der Waals surface area (Å²) in [6, 6.07) is 16.3. The number of hydrogen-bond donors (Lipinski definition) is 2. The van der Waals surface area contributed by atoms with Gasteiger partial charge in [0.1, 0.15) is 6.54 Å². The molecule has 1 aliphatic rings. The maximum atomic E-state index is 12.5. The molecule has 0 saturated carbocycles. The molecule has 2 aromatic rings. The molecule has 1 fully saturated rings. The summed E-state index contributed by atoms with van der Waals surface area (Å²) in [6.45, 7) is 9.25. The summed E-state index contributed by atoms with van der Waals surface area (Å²) >= 11 is 5.96. The first kappa shape index (κ1) is 22.3. The van der Waals surface area contributed by atoms with Gasteiger partial charge in [-0.1, -0.05) is 35.9 Å². The lowest BCUT2D eigenvalue weighted by molar-refractivity contribution is -0.919. The number of piperidine rings is 1. The van der Waals surface area contributed by atoms with Crippen molar-refractivity contribution in [3.8, 4) is 0 Å². The molecule has 0 aliphatic carbocycles. The standard InChI is InChI=1S/C24H31ClN4O/c1-3-29(4-2)23-11-7-19(8-12-23)17-26-27-24(30)21-13-15-28(16-14-21)18-20-5-9-22(25)10-6-20/h5-12,17,21H,3-4,13-16,18H2,1-2H3,(H,27,30)/p+1/b26-17-. The van der Waals surface area contributed by atoms with Crippen molar-refractivity contribution in [3.05, 3.63) is 64.7 Å². The Hall–Kier alpha value is -2.37. The Labute approximate surface area is 184 Å². The second-order valence-electron chi connectivity index (χ2n) is 7.83. The summed E-state index contributed by atoms with van der Waals surface area (Å²) in [5.41, 5.74) is 6.20. The first-order chi connectivity index (χ1) is 14.6. The van der Waals surface area contributed by atoms with Crippen LogP contribution >= 0.6 is 11.6 Å². The Kier molecular flexibility index (Phi) is 8.29. The Bertz CT molecular complexity index is 823. The van der Waals surface area contributed by atoms with E-state index in [1.807, 2.05) is 24.3 Å². The highest BCUT2D eigenvalue weighted by atomic mass is 35.5. The number of hydrogen-bond acceptors (Lipinski definition) is 3. The fourth-order valence-electron chi connectivity index (χ4n) is 3.98. The molecule has 0 spiro atoms. The number of benzene rings is 2. The van der Waals surface area contributed by atoms with Gasteiger partial charge in [-0.25, -0.2) is 5.43 Å². The van der Waals surface area contributed by atoms with E-state index < -0.39 is 0 Å². The van der Waals surface area contributed by atoms with Crippen molar-refractivity contribution in [2.75, 3.05) is 31.1 Å². The van der Waals surface area contributed by atoms with E-state index in [1.165, 1.54) is 16.2 Å². The fourth-order valence-corrected chi connectivity index (χ4v) is 4.10. The van der Waals surface area contributed by atoms with Crippen LogP contribution in [-0.2, 0) is 11.3 Å². The highest BCUT2D eigenvalue weighted by molar-refractivity contribution is 6.30. The largest absolute Gasteiger partial charge is 0.372 e. The van der Waals surface area contributed by atoms with Gasteiger partial charge in [0.2, 0.25) is 5.91 Å². The molecule has 1 aliphatic heterocycles. The van der Waals surface area contributed by atoms with Crippen LogP contribution in [0.1, 0.15) is 37.8 Å². The van der Waals surface area contributed by atoms with Crippen LogP contribution in [0.3, 0.4) is 0 Å². The SMILES string of the molecule is CCN(CC)c1ccc(/C=N\NC(=O)C2CC[NH+](Cc3ccc(Cl)cc3)CC2)cc1. The number of carbonyl (C=O) groups is 1. The van der Waals surface area contributed by atoms with Gasteiger partial charge in [-0.3, -0.25) is 4.79 Å². The number of likely N-dealkylation sites (tertiary alicyclic amines) is 1. The van der Waals surface area contributed by atoms with Crippen LogP contribution in [0.25, 0.3) is 0 Å². The quantitative estimate of drug-likeness (QED) is 0.502. The minimum absolute atomic E-state index is 0.0246. The minimum atomic E-state index is 0.0246. The summed E-state index contributed by atoms with van der Waals surface area (Å²) in [5.74, 6) is 0.0673. The summed E-state index contributed by atoms with van der Waals surface area (Å²) < 4.78 is 0. The van der Waals surface area contributed by atoms with E-state index in [0.717, 1.165) is 56.2 Å². The van der Waals surface area contributed by atoms with E-state index in [0.29, 0.717) is 0 Å². The molecule has 6 heteroatoms. The number of halogens is 1. The van der Waals surface area contributed by atoms with E-state index >= 15 is 0 Å². The van der Waals surface area contributed by atoms with Crippen LogP contribution in [0.5, 0.6) is 0 Å². The molecule has 30 heavy (non-hydrogen) atoms. The number of amides is 1. The Morgan fingerprint density at radius 3 is 2.33 bits per heavy atom. The van der Waals surface area contributed by atoms with Gasteiger partial charge in [-0.15, -0.1) is 0 Å². The molecule has 0 radical (unpaired) electrons. The number of carbonyl (C=O) groups excluding carboxylic acids is 1. The third-order valence-electron chi connectivity index (χ3n) is 5.84. The third kappa shape index (κ3) is 6.31. The maximum Gasteiger partial charge on any atom is 0.243 e. The van der Waals surface area contributed by atoms with Gasteiger partial charge in [0.05, 0.1) is 25.2 Å². The molecule has 3 rings (SSSR count). The minimum Gasteiger partial charge on any atom is -0.372 e. The molecule has 0 aromatic heterocycles. The third-order valence-corrected chi connectivity index (χ3v) is 6.09. The van der Waals surface area contributed by atoms with Crippen molar-refractivity contribution < 1.29 is 9.69 Å². The van der Waals surface area contributed by atoms with Gasteiger partial charge in [0, 0.05) is 42.2 Å². The van der Waals surface area contributed by atoms with Crippen LogP contribution in [0.15, 0.2) is 53.6 Å². The predicted octanol–water partition coefficient (Wildman–Crippen LogP) is 3.13. The van der Waals surface area contributed by atoms with Crippen LogP contribution in [0.4, 0.5) is 5.69 Å². The molecular weight excluding hydrogens is 396 g/mol. The van der Waals surface area contributed by atoms with E-state index in [4.69, 9.17) is 11.6 Å². The number of nitrogens with one attached hydrogen (secondary N) is 2. The van der Waals surface area contributed by atoms with Crippen molar-refractivity contribution in [1.82, 2.24) is 5.43 Å². The van der Waals surface area contributed by atoms with Gasteiger partial charge in [-0.05, 0) is 43.7 Å². The van der Waals surface area contributed by atoms with Crippen molar-refractivity contribution >= 4 is 29.4 Å². The summed E-state index contributed by atoms with van der Waals surface area (Å²) in [5, 5.41) is 4.94. The van der Waals surface area contributed by atoms with Gasteiger partial charge in [0.15, 0.2) is 0 Å². The van der Waals surface area contributed by atoms with Crippen LogP contribution < -0.4 is 15.2 Å². The lowest BCUT2D eigenvalue weighted by atomic mass is 9.96. The van der Waals surface area contributed by atoms with E-state index in [2.05, 4.69) is 53.5 Å². The molecule has 1 heterocycles. The van der Waals surface area contributed by atoms with E-state index in [-0.39, 0.29) is 11.8 Å². The molecule has 0 atom stereocenters. The first-order valence-corrected chi connectivity index (χ1v) is 11.2. The Morgan fingerprint density at radius 2 is 1.73 bits per heavy atom. The number of hydrazone groups is 1. The monoisotopic (exact) mass is 427 g/mol. The number of rotatable bonds is 8. The van der Waals surface area contributed by atoms with Crippen molar-refractivity contribution in [2.45, 2.75) is 33.2 Å². The zero-order valence-electron chi connectivity index (χ0n) is 17.9. The van der Waals surface area contributed by atoms with Crippen molar-refractivity contribution in [1.29, 1.82) is 0 Å². The molecule has 1 saturated heterocycles. The highest BCUT2D eigenvalue weighted by Crippen LogP contribution is 2.14. The average Bonchev–Trinajstić information content (AvgIpc) is 2.78. The van der Waals surface area contributed by atoms with Crippen LogP contribution in [0, 0.1) is 5.92 Å². The molecular formula is C24H32ClN4O+. The van der Waals surface area contributed by atoms with E-state index in [9.17, 15) is 4.79 Å². The van der Waals surface area contributed by atoms with Crippen LogP contribution in [0.2, 0.25) is 5.02 Å². The number of quaternary nitrogens is 1. The first-order valence-electron chi connectivity index (χ1n) is 10.8. The van der Waals surface area contributed by atoms with Crippen molar-refractivity contribution in [2.24, 2.45) is 11.0 Å². The van der Waals surface area contributed by atoms with Crippen LogP contribution in [-0.4, -0.2) is 38.3 Å². The van der Waals surface area contributed by atoms with E-state index in [1.54, 1.807) is 6.21 Å². The molecule has 5 nitrogen and oxygen atoms in total. The summed E-state index contributed by atoms with van der Waals surface area (Å²) in [7, 11) is 0. The molecule has 160 valence electrons. The number of nitrogens with zero attached hydrogens (tertiary/aromatic N) is 2. The van der Waals surface area contributed by atoms with Gasteiger partial charge < -0.3 is 9.80 Å². The lowest BCUT2D eigenvalue weighted by Gasteiger charge is -2.28. The van der Waals surface area contributed by atoms with Gasteiger partial charge >= 0.3 is 0 Å². The van der Waals surface area contributed by atoms with Gasteiger partial charge in [0.25, 0.3) is 0 Å². The second kappa shape index (κ2) is 11.1. The maximum absolute atomic E-state index is 12.5. The topological polar surface area (TPSA) is 49.1 Å². The summed E-state index contributed by atoms with van der Waals surface area (Å²) in [6.07, 6.45) is 3.50. The normalized spacial score (nSPS) is 19.0. The summed E-state index contributed by atoms with van der Waals surface area (Å²) in [4.78, 5) is 16.3. The van der Waals surface area contributed by atoms with Crippen molar-refractivity contribution in [3.63, 3.8) is 0 Å². The molecule has 2 aromatic carbocycles. The fraction of sp³-hybridized carbons (Fsp3) is 0.417. The molecule has 0 unspecified atom stereocenters. The smallest absolute Gasteiger partial charge is 0.243 e. The lowest BCUT2D eigenvalue weighted by Crippen LogP contribution is -3.11. The zero-order valence-corrected chi connectivity index (χ0v) is 18.7. The Morgan fingerprint density at radius 1 is 1.10 bits per heavy atom. The molecule has 1 amide bonds. The Balaban J connectivity index is 1.42. The predicted molar refractivity (Wildman–Crippen MR) is 124 cm³/mol. The highest BCUT2D eigenvalue weighted by Gasteiger charge is 2.27. The molecule has 2 N–H and O–H groups in total. The van der Waals surface area contributed by atoms with Gasteiger partial charge in [-0.2, -0.15) is 5.10 Å².